The molecule has 0 heterocycles. The molecule has 0 radical (unpaired) electrons. The first-order valence-corrected chi connectivity index (χ1v) is 8.47. The number of aromatic hydroxyl groups is 1. The third-order valence-electron chi connectivity index (χ3n) is 2.94. The average Bonchev–Trinajstić information content (AvgIpc) is 2.54. The number of rotatable bonds is 5. The first-order chi connectivity index (χ1) is 11.2. The van der Waals surface area contributed by atoms with Gasteiger partial charge in [-0.2, -0.15) is 8.42 Å². The van der Waals surface area contributed by atoms with Gasteiger partial charge in [-0.05, 0) is 48.4 Å². The van der Waals surface area contributed by atoms with E-state index in [1.165, 1.54) is 24.3 Å². The minimum Gasteiger partial charge on any atom is -0.508 e. The van der Waals surface area contributed by atoms with E-state index in [9.17, 15) is 13.2 Å². The number of phenolic OH excluding ortho intramolecular Hbond substituents is 1. The average molecular weight is 353 g/mol. The molecule has 0 bridgehead atoms. The third-order valence-corrected chi connectivity index (χ3v) is 3.81. The van der Waals surface area contributed by atoms with Crippen molar-refractivity contribution in [3.05, 3.63) is 54.1 Å². The van der Waals surface area contributed by atoms with E-state index < -0.39 is 16.1 Å². The molecule has 0 atom stereocenters. The molecule has 8 heteroatoms. The summed E-state index contributed by atoms with van der Waals surface area (Å²) in [4.78, 5) is 10.1. The molecule has 24 heavy (non-hydrogen) atoms. The van der Waals surface area contributed by atoms with Crippen molar-refractivity contribution < 1.29 is 28.0 Å². The van der Waals surface area contributed by atoms with E-state index >= 15 is 0 Å². The van der Waals surface area contributed by atoms with E-state index in [-0.39, 0.29) is 17.2 Å². The molecule has 0 saturated heterocycles. The summed E-state index contributed by atoms with van der Waals surface area (Å²) >= 11 is 0. The molecule has 4 N–H and O–H groups in total. The second-order valence-corrected chi connectivity index (χ2v) is 6.19. The van der Waals surface area contributed by atoms with Gasteiger partial charge in [0.1, 0.15) is 12.3 Å². The van der Waals surface area contributed by atoms with Crippen molar-refractivity contribution in [1.82, 2.24) is 0 Å². The molecule has 2 rings (SSSR count). The second-order valence-electron chi connectivity index (χ2n) is 4.77. The first kappa shape index (κ1) is 19.5. The number of phenols is 1. The number of nitrogens with one attached hydrogen (secondary N) is 1. The number of carboxylic acid groups (broad SMARTS) is 1. The van der Waals surface area contributed by atoms with Crippen LogP contribution >= 0.6 is 0 Å². The standard InChI is InChI=1S/C8H9NO3.C8H10O3S/c10-7-3-1-6(2-4-7)9-5-8(11)12;1-2-7-3-5-8(6-4-7)12(9,10)11/h1-4,9-10H,5H2,(H,11,12);3-6H,2H2,1H3,(H,9,10,11). The molecule has 0 aliphatic carbocycles. The highest BCUT2D eigenvalue weighted by Crippen LogP contribution is 2.13. The quantitative estimate of drug-likeness (QED) is 0.480. The molecule has 0 saturated carbocycles. The number of benzene rings is 2. The predicted octanol–water partition coefficient (Wildman–Crippen LogP) is 2.38. The van der Waals surface area contributed by atoms with E-state index in [4.69, 9.17) is 14.8 Å². The van der Waals surface area contributed by atoms with Crippen LogP contribution in [0.2, 0.25) is 0 Å². The van der Waals surface area contributed by atoms with Crippen molar-refractivity contribution >= 4 is 21.8 Å². The van der Waals surface area contributed by atoms with E-state index in [1.54, 1.807) is 24.3 Å². The van der Waals surface area contributed by atoms with Gasteiger partial charge >= 0.3 is 5.97 Å². The summed E-state index contributed by atoms with van der Waals surface area (Å²) in [6, 6.07) is 12.4. The van der Waals surface area contributed by atoms with Gasteiger partial charge in [-0.25, -0.2) is 0 Å². The van der Waals surface area contributed by atoms with Crippen molar-refractivity contribution in [3.63, 3.8) is 0 Å². The Morgan fingerprint density at radius 1 is 1.04 bits per heavy atom. The highest BCUT2D eigenvalue weighted by atomic mass is 32.2. The fraction of sp³-hybridized carbons (Fsp3) is 0.188. The van der Waals surface area contributed by atoms with Crippen LogP contribution in [0.1, 0.15) is 12.5 Å². The van der Waals surface area contributed by atoms with Gasteiger partial charge in [0.15, 0.2) is 0 Å². The van der Waals surface area contributed by atoms with Gasteiger partial charge in [0.05, 0.1) is 4.90 Å². The summed E-state index contributed by atoms with van der Waals surface area (Å²) in [6.07, 6.45) is 0.853. The van der Waals surface area contributed by atoms with Crippen molar-refractivity contribution in [1.29, 1.82) is 0 Å². The molecule has 0 aromatic heterocycles. The number of aliphatic carboxylic acids is 1. The summed E-state index contributed by atoms with van der Waals surface area (Å²) in [5.41, 5.74) is 1.72. The maximum absolute atomic E-state index is 10.6. The molecular weight excluding hydrogens is 334 g/mol. The fourth-order valence-electron chi connectivity index (χ4n) is 1.65. The Kier molecular flexibility index (Phi) is 7.22. The Morgan fingerprint density at radius 2 is 1.58 bits per heavy atom. The minimum atomic E-state index is -4.03. The van der Waals surface area contributed by atoms with Gasteiger partial charge in [0.25, 0.3) is 10.1 Å². The Balaban J connectivity index is 0.000000240. The van der Waals surface area contributed by atoms with Crippen LogP contribution in [0.5, 0.6) is 5.75 Å². The highest BCUT2D eigenvalue weighted by molar-refractivity contribution is 7.85. The zero-order chi connectivity index (χ0) is 18.2. The Hall–Kier alpha value is -2.58. The first-order valence-electron chi connectivity index (χ1n) is 7.03. The van der Waals surface area contributed by atoms with E-state index in [1.807, 2.05) is 6.92 Å². The topological polar surface area (TPSA) is 124 Å². The number of aryl methyl sites for hydroxylation is 1. The Morgan fingerprint density at radius 3 is 2.00 bits per heavy atom. The van der Waals surface area contributed by atoms with E-state index in [0.717, 1.165) is 12.0 Å². The summed E-state index contributed by atoms with van der Waals surface area (Å²) in [7, 11) is -4.03. The lowest BCUT2D eigenvalue weighted by Crippen LogP contribution is -2.11. The number of anilines is 1. The summed E-state index contributed by atoms with van der Waals surface area (Å²) in [6.45, 7) is 1.85. The van der Waals surface area contributed by atoms with Crippen molar-refractivity contribution in [3.8, 4) is 5.75 Å². The monoisotopic (exact) mass is 353 g/mol. The lowest BCUT2D eigenvalue weighted by molar-refractivity contribution is -0.134. The Labute approximate surface area is 140 Å². The number of carboxylic acids is 1. The van der Waals surface area contributed by atoms with Crippen molar-refractivity contribution in [2.75, 3.05) is 11.9 Å². The van der Waals surface area contributed by atoms with E-state index in [0.29, 0.717) is 5.69 Å². The molecule has 0 spiro atoms. The summed E-state index contributed by atoms with van der Waals surface area (Å²) in [5.74, 6) is -0.751. The molecule has 0 fully saturated rings. The van der Waals surface area contributed by atoms with Gasteiger partial charge in [-0.1, -0.05) is 19.1 Å². The minimum absolute atomic E-state index is 0.0558. The van der Waals surface area contributed by atoms with Crippen molar-refractivity contribution in [2.24, 2.45) is 0 Å². The van der Waals surface area contributed by atoms with Crippen LogP contribution in [-0.2, 0) is 21.3 Å². The van der Waals surface area contributed by atoms with Crippen LogP contribution in [0.15, 0.2) is 53.4 Å². The maximum Gasteiger partial charge on any atom is 0.322 e. The van der Waals surface area contributed by atoms with Gasteiger partial charge < -0.3 is 15.5 Å². The van der Waals surface area contributed by atoms with Crippen molar-refractivity contribution in [2.45, 2.75) is 18.2 Å². The van der Waals surface area contributed by atoms with Gasteiger partial charge in [-0.3, -0.25) is 9.35 Å². The lowest BCUT2D eigenvalue weighted by atomic mass is 10.2. The molecule has 0 amide bonds. The Bertz CT molecular complexity index is 754. The molecule has 0 aliphatic heterocycles. The van der Waals surface area contributed by atoms with Crippen LogP contribution in [0.25, 0.3) is 0 Å². The molecule has 7 nitrogen and oxygen atoms in total. The van der Waals surface area contributed by atoms with Gasteiger partial charge in [-0.15, -0.1) is 0 Å². The molecule has 0 unspecified atom stereocenters. The number of carbonyl (C=O) groups is 1. The molecular formula is C16H19NO6S. The molecule has 130 valence electrons. The normalized spacial score (nSPS) is 10.4. The van der Waals surface area contributed by atoms with Crippen LogP contribution in [0.4, 0.5) is 5.69 Å². The predicted molar refractivity (Wildman–Crippen MR) is 89.9 cm³/mol. The molecule has 2 aromatic rings. The number of hydrogen-bond donors (Lipinski definition) is 4. The zero-order valence-corrected chi connectivity index (χ0v) is 13.8. The maximum atomic E-state index is 10.6. The van der Waals surface area contributed by atoms with E-state index in [2.05, 4.69) is 5.32 Å². The second kappa shape index (κ2) is 8.90. The summed E-state index contributed by atoms with van der Waals surface area (Å²) in [5, 5.41) is 19.9. The lowest BCUT2D eigenvalue weighted by Gasteiger charge is -2.01. The van der Waals surface area contributed by atoms with Gasteiger partial charge in [0, 0.05) is 5.69 Å². The van der Waals surface area contributed by atoms with Gasteiger partial charge in [0.2, 0.25) is 0 Å². The number of hydrogen-bond acceptors (Lipinski definition) is 5. The SMILES string of the molecule is CCc1ccc(S(=O)(=O)O)cc1.O=C(O)CNc1ccc(O)cc1. The largest absolute Gasteiger partial charge is 0.508 e. The smallest absolute Gasteiger partial charge is 0.322 e. The highest BCUT2D eigenvalue weighted by Gasteiger charge is 2.07. The van der Waals surface area contributed by atoms with Crippen LogP contribution in [0.3, 0.4) is 0 Å². The zero-order valence-electron chi connectivity index (χ0n) is 13.0. The molecule has 0 aliphatic rings. The van der Waals surface area contributed by atoms with Crippen LogP contribution in [-0.4, -0.2) is 35.7 Å². The third kappa shape index (κ3) is 7.12. The fourth-order valence-corrected chi connectivity index (χ4v) is 2.13. The summed E-state index contributed by atoms with van der Waals surface area (Å²) < 4.78 is 29.8. The molecule has 2 aromatic carbocycles. The van der Waals surface area contributed by atoms with Crippen LogP contribution < -0.4 is 5.32 Å². The van der Waals surface area contributed by atoms with Crippen LogP contribution in [0, 0.1) is 0 Å².